The lowest BCUT2D eigenvalue weighted by atomic mass is 10.1. The molecule has 1 aromatic heterocycles. The van der Waals surface area contributed by atoms with Crippen molar-refractivity contribution in [1.29, 1.82) is 0 Å². The number of rotatable bonds is 3. The van der Waals surface area contributed by atoms with Crippen LogP contribution in [-0.4, -0.2) is 17.4 Å². The second-order valence-electron chi connectivity index (χ2n) is 6.38. The van der Waals surface area contributed by atoms with Gasteiger partial charge < -0.3 is 10.2 Å². The van der Waals surface area contributed by atoms with E-state index >= 15 is 0 Å². The van der Waals surface area contributed by atoms with Gasteiger partial charge in [-0.1, -0.05) is 35.9 Å². The Balaban J connectivity index is 1.60. The van der Waals surface area contributed by atoms with Crippen molar-refractivity contribution >= 4 is 34.6 Å². The number of pyridine rings is 1. The summed E-state index contributed by atoms with van der Waals surface area (Å²) in [7, 11) is 0. The summed E-state index contributed by atoms with van der Waals surface area (Å²) >= 11 is 6.08. The van der Waals surface area contributed by atoms with Crippen LogP contribution in [0.25, 0.3) is 0 Å². The summed E-state index contributed by atoms with van der Waals surface area (Å²) in [4.78, 5) is 19.0. The molecule has 0 radical (unpaired) electrons. The van der Waals surface area contributed by atoms with Gasteiger partial charge in [0.05, 0.1) is 17.4 Å². The van der Waals surface area contributed by atoms with Crippen LogP contribution >= 0.6 is 11.6 Å². The van der Waals surface area contributed by atoms with Gasteiger partial charge in [-0.15, -0.1) is 0 Å². The molecule has 4 nitrogen and oxygen atoms in total. The largest absolute Gasteiger partial charge is 0.354 e. The average molecular weight is 364 g/mol. The van der Waals surface area contributed by atoms with Gasteiger partial charge in [0.1, 0.15) is 0 Å². The summed E-state index contributed by atoms with van der Waals surface area (Å²) in [6.07, 6.45) is 4.20. The summed E-state index contributed by atoms with van der Waals surface area (Å²) in [5, 5.41) is 3.96. The van der Waals surface area contributed by atoms with Crippen LogP contribution in [0.2, 0.25) is 5.02 Å². The molecule has 0 saturated carbocycles. The number of anilines is 3. The van der Waals surface area contributed by atoms with Crippen LogP contribution in [0.4, 0.5) is 17.1 Å². The molecule has 4 rings (SSSR count). The van der Waals surface area contributed by atoms with E-state index in [4.69, 9.17) is 11.6 Å². The molecule has 0 bridgehead atoms. The standard InChI is InChI=1S/C21H18ClN3O/c1-14-6-7-17(22)11-19(14)24-18-10-16(12-23-13-18)21(26)25-9-8-15-4-2-3-5-20(15)25/h2-7,10-13,24H,8-9H2,1H3. The molecule has 2 aromatic carbocycles. The fourth-order valence-electron chi connectivity index (χ4n) is 3.21. The molecule has 3 aromatic rings. The molecular weight excluding hydrogens is 346 g/mol. The summed E-state index contributed by atoms with van der Waals surface area (Å²) in [6.45, 7) is 2.70. The monoisotopic (exact) mass is 363 g/mol. The first-order valence-electron chi connectivity index (χ1n) is 8.50. The molecular formula is C21H18ClN3O. The van der Waals surface area contributed by atoms with Crippen LogP contribution in [-0.2, 0) is 6.42 Å². The molecule has 0 unspecified atom stereocenters. The van der Waals surface area contributed by atoms with E-state index in [9.17, 15) is 4.79 Å². The van der Waals surface area contributed by atoms with Crippen molar-refractivity contribution in [2.75, 3.05) is 16.8 Å². The van der Waals surface area contributed by atoms with Crippen molar-refractivity contribution in [3.63, 3.8) is 0 Å². The number of hydrogen-bond donors (Lipinski definition) is 1. The molecule has 26 heavy (non-hydrogen) atoms. The number of nitrogens with zero attached hydrogens (tertiary/aromatic N) is 2. The topological polar surface area (TPSA) is 45.2 Å². The lowest BCUT2D eigenvalue weighted by molar-refractivity contribution is 0.0989. The van der Waals surface area contributed by atoms with Crippen LogP contribution in [0, 0.1) is 6.92 Å². The zero-order chi connectivity index (χ0) is 18.1. The van der Waals surface area contributed by atoms with Crippen molar-refractivity contribution in [3.8, 4) is 0 Å². The number of aryl methyl sites for hydroxylation is 1. The highest BCUT2D eigenvalue weighted by atomic mass is 35.5. The van der Waals surface area contributed by atoms with Gasteiger partial charge in [-0.3, -0.25) is 9.78 Å². The molecule has 1 aliphatic rings. The second-order valence-corrected chi connectivity index (χ2v) is 6.82. The van der Waals surface area contributed by atoms with E-state index in [-0.39, 0.29) is 5.91 Å². The Morgan fingerprint density at radius 1 is 1.15 bits per heavy atom. The minimum absolute atomic E-state index is 0.0334. The van der Waals surface area contributed by atoms with E-state index in [1.165, 1.54) is 5.56 Å². The number of carbonyl (C=O) groups is 1. The van der Waals surface area contributed by atoms with Gasteiger partial charge in [0, 0.05) is 29.1 Å². The predicted molar refractivity (Wildman–Crippen MR) is 106 cm³/mol. The van der Waals surface area contributed by atoms with Crippen LogP contribution in [0.5, 0.6) is 0 Å². The summed E-state index contributed by atoms with van der Waals surface area (Å²) in [5.74, 6) is -0.0334. The van der Waals surface area contributed by atoms with Gasteiger partial charge in [0.25, 0.3) is 5.91 Å². The minimum atomic E-state index is -0.0334. The van der Waals surface area contributed by atoms with Gasteiger partial charge in [0.15, 0.2) is 0 Å². The number of amides is 1. The summed E-state index contributed by atoms with van der Waals surface area (Å²) in [5.41, 5.74) is 5.48. The van der Waals surface area contributed by atoms with Gasteiger partial charge in [-0.05, 0) is 48.7 Å². The number of nitrogens with one attached hydrogen (secondary N) is 1. The maximum atomic E-state index is 13.0. The van der Waals surface area contributed by atoms with Crippen molar-refractivity contribution in [3.05, 3.63) is 82.6 Å². The van der Waals surface area contributed by atoms with Gasteiger partial charge in [-0.2, -0.15) is 0 Å². The number of para-hydroxylation sites is 1. The Kier molecular flexibility index (Phi) is 4.35. The van der Waals surface area contributed by atoms with E-state index in [2.05, 4.69) is 16.4 Å². The maximum Gasteiger partial charge on any atom is 0.259 e. The molecule has 0 saturated heterocycles. The highest BCUT2D eigenvalue weighted by Crippen LogP contribution is 2.29. The number of fused-ring (bicyclic) bond motifs is 1. The quantitative estimate of drug-likeness (QED) is 0.713. The Morgan fingerprint density at radius 2 is 2.00 bits per heavy atom. The third kappa shape index (κ3) is 3.16. The highest BCUT2D eigenvalue weighted by Gasteiger charge is 2.25. The molecule has 1 N–H and O–H groups in total. The maximum absolute atomic E-state index is 13.0. The van der Waals surface area contributed by atoms with Gasteiger partial charge in [0.2, 0.25) is 0 Å². The zero-order valence-corrected chi connectivity index (χ0v) is 15.1. The van der Waals surface area contributed by atoms with E-state index in [1.807, 2.05) is 54.3 Å². The van der Waals surface area contributed by atoms with Crippen LogP contribution in [0.15, 0.2) is 60.9 Å². The van der Waals surface area contributed by atoms with Crippen molar-refractivity contribution in [2.24, 2.45) is 0 Å². The number of carbonyl (C=O) groups excluding carboxylic acids is 1. The predicted octanol–water partition coefficient (Wildman–Crippen LogP) is 4.99. The average Bonchev–Trinajstić information content (AvgIpc) is 3.08. The molecule has 1 amide bonds. The minimum Gasteiger partial charge on any atom is -0.354 e. The van der Waals surface area contributed by atoms with Crippen molar-refractivity contribution < 1.29 is 4.79 Å². The summed E-state index contributed by atoms with van der Waals surface area (Å²) < 4.78 is 0. The Bertz CT molecular complexity index is 986. The fraction of sp³-hybridized carbons (Fsp3) is 0.143. The molecule has 130 valence electrons. The number of halogens is 1. The fourth-order valence-corrected chi connectivity index (χ4v) is 3.39. The first-order chi connectivity index (χ1) is 12.6. The molecule has 0 aliphatic carbocycles. The molecule has 2 heterocycles. The Hall–Kier alpha value is -2.85. The van der Waals surface area contributed by atoms with Crippen LogP contribution in [0.3, 0.4) is 0 Å². The normalized spacial score (nSPS) is 12.8. The smallest absolute Gasteiger partial charge is 0.259 e. The number of benzene rings is 2. The third-order valence-electron chi connectivity index (χ3n) is 4.60. The molecule has 5 heteroatoms. The number of hydrogen-bond acceptors (Lipinski definition) is 3. The highest BCUT2D eigenvalue weighted by molar-refractivity contribution is 6.30. The SMILES string of the molecule is Cc1ccc(Cl)cc1Nc1cncc(C(=O)N2CCc3ccccc32)c1. The van der Waals surface area contributed by atoms with Gasteiger partial charge >= 0.3 is 0 Å². The molecule has 0 fully saturated rings. The van der Waals surface area contributed by atoms with Gasteiger partial charge in [-0.25, -0.2) is 0 Å². The summed E-state index contributed by atoms with van der Waals surface area (Å²) in [6, 6.07) is 15.5. The zero-order valence-electron chi connectivity index (χ0n) is 14.4. The Labute approximate surface area is 157 Å². The van der Waals surface area contributed by atoms with E-state index < -0.39 is 0 Å². The molecule has 0 spiro atoms. The van der Waals surface area contributed by atoms with Crippen molar-refractivity contribution in [2.45, 2.75) is 13.3 Å². The lowest BCUT2D eigenvalue weighted by Gasteiger charge is -2.18. The first kappa shape index (κ1) is 16.6. The van der Waals surface area contributed by atoms with E-state index in [0.29, 0.717) is 17.1 Å². The molecule has 0 atom stereocenters. The molecule has 1 aliphatic heterocycles. The third-order valence-corrected chi connectivity index (χ3v) is 4.83. The van der Waals surface area contributed by atoms with Crippen LogP contribution in [0.1, 0.15) is 21.5 Å². The van der Waals surface area contributed by atoms with Crippen LogP contribution < -0.4 is 10.2 Å². The van der Waals surface area contributed by atoms with E-state index in [1.54, 1.807) is 12.4 Å². The lowest BCUT2D eigenvalue weighted by Crippen LogP contribution is -2.29. The second kappa shape index (κ2) is 6.81. The van der Waals surface area contributed by atoms with Crippen molar-refractivity contribution in [1.82, 2.24) is 4.98 Å². The van der Waals surface area contributed by atoms with E-state index in [0.717, 1.165) is 29.0 Å². The first-order valence-corrected chi connectivity index (χ1v) is 8.87. The number of aromatic nitrogens is 1. The Morgan fingerprint density at radius 3 is 2.88 bits per heavy atom.